The van der Waals surface area contributed by atoms with E-state index in [1.165, 1.54) is 0 Å². The molecule has 0 fully saturated rings. The Labute approximate surface area is 173 Å². The number of ether oxygens (including phenoxy) is 1. The zero-order valence-electron chi connectivity index (χ0n) is 17.4. The standard InChI is InChI=1S/C21H28F5NO3/c1-4-5-6-7-8-9-10-30-21(29)13(11-12(2)3)27-20(28)14-15(22)17(24)19(26)18(25)16(14)23/h12-13H,4-11H2,1-3H3,(H,27,28). The van der Waals surface area contributed by atoms with Crippen LogP contribution in [0.15, 0.2) is 0 Å². The lowest BCUT2D eigenvalue weighted by Gasteiger charge is -2.20. The molecule has 0 radical (unpaired) electrons. The minimum absolute atomic E-state index is 0.0659. The van der Waals surface area contributed by atoms with Crippen LogP contribution in [0.25, 0.3) is 0 Å². The lowest BCUT2D eigenvalue weighted by atomic mass is 10.0. The molecule has 0 spiro atoms. The second-order valence-electron chi connectivity index (χ2n) is 7.54. The van der Waals surface area contributed by atoms with Crippen LogP contribution in [-0.2, 0) is 9.53 Å². The van der Waals surface area contributed by atoms with E-state index in [0.717, 1.165) is 32.1 Å². The maximum Gasteiger partial charge on any atom is 0.328 e. The predicted molar refractivity (Wildman–Crippen MR) is 101 cm³/mol. The highest BCUT2D eigenvalue weighted by Crippen LogP contribution is 2.23. The van der Waals surface area contributed by atoms with E-state index in [2.05, 4.69) is 6.92 Å². The van der Waals surface area contributed by atoms with E-state index in [0.29, 0.717) is 6.42 Å². The van der Waals surface area contributed by atoms with Crippen LogP contribution in [0.5, 0.6) is 0 Å². The Morgan fingerprint density at radius 3 is 1.87 bits per heavy atom. The summed E-state index contributed by atoms with van der Waals surface area (Å²) >= 11 is 0. The van der Waals surface area contributed by atoms with Gasteiger partial charge in [0.05, 0.1) is 6.61 Å². The summed E-state index contributed by atoms with van der Waals surface area (Å²) in [5, 5.41) is 2.04. The Balaban J connectivity index is 2.81. The summed E-state index contributed by atoms with van der Waals surface area (Å²) in [5.41, 5.74) is -1.64. The fourth-order valence-electron chi connectivity index (χ4n) is 2.88. The molecule has 1 aromatic rings. The molecule has 1 atom stereocenters. The first-order valence-corrected chi connectivity index (χ1v) is 10.1. The van der Waals surface area contributed by atoms with Gasteiger partial charge in [-0.1, -0.05) is 52.9 Å². The number of hydrogen-bond donors (Lipinski definition) is 1. The highest BCUT2D eigenvalue weighted by atomic mass is 19.2. The number of benzene rings is 1. The van der Waals surface area contributed by atoms with E-state index in [9.17, 15) is 31.5 Å². The topological polar surface area (TPSA) is 55.4 Å². The molecule has 0 aliphatic rings. The number of unbranched alkanes of at least 4 members (excludes halogenated alkanes) is 5. The summed E-state index contributed by atoms with van der Waals surface area (Å²) in [7, 11) is 0. The molecule has 0 aliphatic heterocycles. The Kier molecular flexibility index (Phi) is 10.8. The molecule has 0 aromatic heterocycles. The van der Waals surface area contributed by atoms with Crippen LogP contribution >= 0.6 is 0 Å². The molecule has 30 heavy (non-hydrogen) atoms. The first-order valence-electron chi connectivity index (χ1n) is 10.1. The number of esters is 1. The van der Waals surface area contributed by atoms with Gasteiger partial charge in [0, 0.05) is 0 Å². The van der Waals surface area contributed by atoms with Crippen molar-refractivity contribution in [3.8, 4) is 0 Å². The van der Waals surface area contributed by atoms with Gasteiger partial charge < -0.3 is 10.1 Å². The quantitative estimate of drug-likeness (QED) is 0.156. The van der Waals surface area contributed by atoms with Crippen molar-refractivity contribution in [2.24, 2.45) is 5.92 Å². The van der Waals surface area contributed by atoms with E-state index in [1.807, 2.05) is 5.32 Å². The molecule has 9 heteroatoms. The molecule has 1 N–H and O–H groups in total. The summed E-state index contributed by atoms with van der Waals surface area (Å²) in [5.74, 6) is -13.9. The van der Waals surface area contributed by atoms with Crippen LogP contribution in [0, 0.1) is 35.0 Å². The molecule has 0 aliphatic carbocycles. The maximum absolute atomic E-state index is 13.8. The first-order chi connectivity index (χ1) is 14.1. The second kappa shape index (κ2) is 12.5. The molecule has 0 saturated carbocycles. The molecule has 1 aromatic carbocycles. The highest BCUT2D eigenvalue weighted by molar-refractivity contribution is 5.97. The molecule has 0 bridgehead atoms. The summed E-state index contributed by atoms with van der Waals surface area (Å²) in [4.78, 5) is 24.5. The van der Waals surface area contributed by atoms with Crippen LogP contribution < -0.4 is 5.32 Å². The summed E-state index contributed by atoms with van der Waals surface area (Å²) in [6, 6.07) is -1.28. The average molecular weight is 437 g/mol. The fourth-order valence-corrected chi connectivity index (χ4v) is 2.88. The van der Waals surface area contributed by atoms with Gasteiger partial charge in [-0.05, 0) is 18.8 Å². The molecule has 0 saturated heterocycles. The molecule has 1 rings (SSSR count). The molecule has 170 valence electrons. The first kappa shape index (κ1) is 25.8. The van der Waals surface area contributed by atoms with Gasteiger partial charge in [0.15, 0.2) is 23.3 Å². The van der Waals surface area contributed by atoms with Crippen LogP contribution in [0.2, 0.25) is 0 Å². The van der Waals surface area contributed by atoms with E-state index >= 15 is 0 Å². The number of amides is 1. The number of halogens is 5. The zero-order valence-corrected chi connectivity index (χ0v) is 17.4. The minimum atomic E-state index is -2.36. The molecule has 4 nitrogen and oxygen atoms in total. The van der Waals surface area contributed by atoms with Crippen molar-refractivity contribution in [1.29, 1.82) is 0 Å². The maximum atomic E-state index is 13.8. The largest absolute Gasteiger partial charge is 0.464 e. The molecule has 0 heterocycles. The van der Waals surface area contributed by atoms with Crippen molar-refractivity contribution in [2.45, 2.75) is 71.8 Å². The van der Waals surface area contributed by atoms with E-state index in [1.54, 1.807) is 13.8 Å². The van der Waals surface area contributed by atoms with Crippen molar-refractivity contribution < 1.29 is 36.3 Å². The van der Waals surface area contributed by atoms with Gasteiger partial charge in [0.2, 0.25) is 5.82 Å². The van der Waals surface area contributed by atoms with Gasteiger partial charge >= 0.3 is 5.97 Å². The molecule has 1 unspecified atom stereocenters. The Bertz CT molecular complexity index is 711. The average Bonchev–Trinajstić information content (AvgIpc) is 2.69. The van der Waals surface area contributed by atoms with E-state index < -0.39 is 52.6 Å². The monoisotopic (exact) mass is 437 g/mol. The number of rotatable bonds is 12. The predicted octanol–water partition coefficient (Wildman–Crippen LogP) is 5.43. The third kappa shape index (κ3) is 7.25. The van der Waals surface area contributed by atoms with Crippen molar-refractivity contribution >= 4 is 11.9 Å². The van der Waals surface area contributed by atoms with Gasteiger partial charge in [0.1, 0.15) is 11.6 Å². The fraction of sp³-hybridized carbons (Fsp3) is 0.619. The van der Waals surface area contributed by atoms with Gasteiger partial charge in [-0.2, -0.15) is 0 Å². The molecular formula is C21H28F5NO3. The molecule has 1 amide bonds. The molecular weight excluding hydrogens is 409 g/mol. The van der Waals surface area contributed by atoms with Gasteiger partial charge in [-0.3, -0.25) is 4.79 Å². The Morgan fingerprint density at radius 2 is 1.33 bits per heavy atom. The van der Waals surface area contributed by atoms with Gasteiger partial charge in [-0.25, -0.2) is 26.7 Å². The second-order valence-corrected chi connectivity index (χ2v) is 7.54. The van der Waals surface area contributed by atoms with E-state index in [4.69, 9.17) is 4.74 Å². The number of carbonyl (C=O) groups excluding carboxylic acids is 2. The number of hydrogen-bond acceptors (Lipinski definition) is 3. The van der Waals surface area contributed by atoms with Crippen LogP contribution in [0.3, 0.4) is 0 Å². The SMILES string of the molecule is CCCCCCCCOC(=O)C(CC(C)C)NC(=O)c1c(F)c(F)c(F)c(F)c1F. The smallest absolute Gasteiger partial charge is 0.328 e. The van der Waals surface area contributed by atoms with Crippen molar-refractivity contribution in [1.82, 2.24) is 5.32 Å². The minimum Gasteiger partial charge on any atom is -0.464 e. The van der Waals surface area contributed by atoms with Crippen LogP contribution in [0.4, 0.5) is 22.0 Å². The summed E-state index contributed by atoms with van der Waals surface area (Å²) in [6.07, 6.45) is 5.86. The highest BCUT2D eigenvalue weighted by Gasteiger charge is 2.32. The third-order valence-electron chi connectivity index (χ3n) is 4.48. The number of carbonyl (C=O) groups is 2. The van der Waals surface area contributed by atoms with Crippen LogP contribution in [0.1, 0.15) is 76.1 Å². The van der Waals surface area contributed by atoms with Crippen molar-refractivity contribution in [2.75, 3.05) is 6.61 Å². The summed E-state index contributed by atoms with van der Waals surface area (Å²) in [6.45, 7) is 5.67. The third-order valence-corrected chi connectivity index (χ3v) is 4.48. The van der Waals surface area contributed by atoms with E-state index in [-0.39, 0.29) is 18.9 Å². The Hall–Kier alpha value is -2.19. The van der Waals surface area contributed by atoms with Crippen LogP contribution in [-0.4, -0.2) is 24.5 Å². The number of nitrogens with one attached hydrogen (secondary N) is 1. The zero-order chi connectivity index (χ0) is 22.8. The van der Waals surface area contributed by atoms with Crippen molar-refractivity contribution in [3.05, 3.63) is 34.6 Å². The lowest BCUT2D eigenvalue weighted by molar-refractivity contribution is -0.146. The summed E-state index contributed by atoms with van der Waals surface area (Å²) < 4.78 is 72.7. The van der Waals surface area contributed by atoms with Gasteiger partial charge in [-0.15, -0.1) is 0 Å². The van der Waals surface area contributed by atoms with Gasteiger partial charge in [0.25, 0.3) is 5.91 Å². The van der Waals surface area contributed by atoms with Crippen molar-refractivity contribution in [3.63, 3.8) is 0 Å². The lowest BCUT2D eigenvalue weighted by Crippen LogP contribution is -2.43. The Morgan fingerprint density at radius 1 is 0.833 bits per heavy atom. The normalized spacial score (nSPS) is 12.2.